The molecule has 0 spiro atoms. The summed E-state index contributed by atoms with van der Waals surface area (Å²) in [5, 5.41) is 0. The van der Waals surface area contributed by atoms with Crippen LogP contribution < -0.4 is 9.64 Å². The first-order valence-corrected chi connectivity index (χ1v) is 5.50. The zero-order valence-corrected chi connectivity index (χ0v) is 9.90. The van der Waals surface area contributed by atoms with E-state index in [1.165, 1.54) is 12.1 Å². The molecule has 1 aliphatic rings. The highest BCUT2D eigenvalue weighted by molar-refractivity contribution is 6.20. The van der Waals surface area contributed by atoms with E-state index in [2.05, 4.69) is 4.74 Å². The van der Waals surface area contributed by atoms with Crippen molar-refractivity contribution in [2.75, 3.05) is 4.90 Å². The molecular formula is C12H10F3NO3. The lowest BCUT2D eigenvalue weighted by Crippen LogP contribution is -2.29. The largest absolute Gasteiger partial charge is 0.573 e. The number of imide groups is 1. The van der Waals surface area contributed by atoms with E-state index in [0.717, 1.165) is 17.0 Å². The maximum Gasteiger partial charge on any atom is 0.573 e. The Bertz CT molecular complexity index is 510. The number of carbonyl (C=O) groups is 2. The fraction of sp³-hybridized carbons (Fsp3) is 0.333. The fourth-order valence-electron chi connectivity index (χ4n) is 1.85. The summed E-state index contributed by atoms with van der Waals surface area (Å²) < 4.78 is 39.6. The molecule has 1 atom stereocenters. The minimum absolute atomic E-state index is 0.111. The number of nitrogens with zero attached hydrogens (tertiary/aromatic N) is 1. The number of carbonyl (C=O) groups excluding carboxylic acids is 2. The first-order chi connectivity index (χ1) is 8.78. The second-order valence-corrected chi connectivity index (χ2v) is 4.21. The van der Waals surface area contributed by atoms with E-state index in [1.54, 1.807) is 6.92 Å². The summed E-state index contributed by atoms with van der Waals surface area (Å²) in [5.74, 6) is -1.52. The number of halogens is 3. The van der Waals surface area contributed by atoms with Crippen molar-refractivity contribution in [2.24, 2.45) is 5.92 Å². The minimum atomic E-state index is -4.77. The van der Waals surface area contributed by atoms with Gasteiger partial charge in [-0.3, -0.25) is 14.5 Å². The van der Waals surface area contributed by atoms with E-state index in [4.69, 9.17) is 0 Å². The van der Waals surface area contributed by atoms with Crippen LogP contribution in [0.25, 0.3) is 0 Å². The smallest absolute Gasteiger partial charge is 0.406 e. The van der Waals surface area contributed by atoms with Crippen molar-refractivity contribution < 1.29 is 27.5 Å². The maximum absolute atomic E-state index is 12.0. The second kappa shape index (κ2) is 4.56. The summed E-state index contributed by atoms with van der Waals surface area (Å²) in [4.78, 5) is 24.3. The predicted octanol–water partition coefficient (Wildman–Crippen LogP) is 2.48. The normalized spacial score (nSPS) is 20.0. The van der Waals surface area contributed by atoms with Crippen molar-refractivity contribution in [2.45, 2.75) is 19.7 Å². The molecule has 1 aromatic carbocycles. The molecule has 0 aromatic heterocycles. The van der Waals surface area contributed by atoms with Gasteiger partial charge < -0.3 is 4.74 Å². The lowest BCUT2D eigenvalue weighted by Gasteiger charge is -2.15. The SMILES string of the molecule is C[C@H]1CC(=O)N(c2ccc(OC(F)(F)F)cc2)C1=O. The van der Waals surface area contributed by atoms with Crippen LogP contribution in [-0.2, 0) is 9.59 Å². The molecule has 0 radical (unpaired) electrons. The number of alkyl halides is 3. The van der Waals surface area contributed by atoms with Crippen LogP contribution in [0.5, 0.6) is 5.75 Å². The number of amides is 2. The van der Waals surface area contributed by atoms with E-state index in [-0.39, 0.29) is 23.9 Å². The zero-order chi connectivity index (χ0) is 14.2. The summed E-state index contributed by atoms with van der Waals surface area (Å²) in [7, 11) is 0. The molecule has 102 valence electrons. The molecule has 19 heavy (non-hydrogen) atoms. The molecule has 1 heterocycles. The molecule has 1 fully saturated rings. The van der Waals surface area contributed by atoms with E-state index in [1.807, 2.05) is 0 Å². The molecule has 2 amide bonds. The maximum atomic E-state index is 12.0. The van der Waals surface area contributed by atoms with Gasteiger partial charge in [-0.15, -0.1) is 13.2 Å². The third-order valence-corrected chi connectivity index (χ3v) is 2.70. The number of ether oxygens (including phenoxy) is 1. The third-order valence-electron chi connectivity index (χ3n) is 2.70. The van der Waals surface area contributed by atoms with Gasteiger partial charge in [-0.2, -0.15) is 0 Å². The highest BCUT2D eigenvalue weighted by Gasteiger charge is 2.36. The predicted molar refractivity (Wildman–Crippen MR) is 59.4 cm³/mol. The molecule has 0 unspecified atom stereocenters. The Kier molecular flexibility index (Phi) is 3.21. The molecule has 0 bridgehead atoms. The molecule has 0 N–H and O–H groups in total. The standard InChI is InChI=1S/C12H10F3NO3/c1-7-6-10(17)16(11(7)18)8-2-4-9(5-3-8)19-12(13,14)15/h2-5,7H,6H2,1H3/t7-/m0/s1. The summed E-state index contributed by atoms with van der Waals surface area (Å²) in [6.45, 7) is 1.63. The van der Waals surface area contributed by atoms with Gasteiger partial charge in [0.05, 0.1) is 5.69 Å². The molecule has 1 aromatic rings. The second-order valence-electron chi connectivity index (χ2n) is 4.21. The van der Waals surface area contributed by atoms with Gasteiger partial charge in [0.25, 0.3) is 0 Å². The Morgan fingerprint density at radius 1 is 1.21 bits per heavy atom. The van der Waals surface area contributed by atoms with Crippen LogP contribution in [0.1, 0.15) is 13.3 Å². The Labute approximate surface area is 106 Å². The number of hydrogen-bond acceptors (Lipinski definition) is 3. The third kappa shape index (κ3) is 2.86. The average molecular weight is 273 g/mol. The van der Waals surface area contributed by atoms with Gasteiger partial charge in [-0.25, -0.2) is 0 Å². The van der Waals surface area contributed by atoms with Gasteiger partial charge in [0.15, 0.2) is 0 Å². The van der Waals surface area contributed by atoms with E-state index < -0.39 is 18.0 Å². The Hall–Kier alpha value is -2.05. The van der Waals surface area contributed by atoms with Crippen molar-refractivity contribution in [3.8, 4) is 5.75 Å². The number of hydrogen-bond donors (Lipinski definition) is 0. The lowest BCUT2D eigenvalue weighted by molar-refractivity contribution is -0.274. The first-order valence-electron chi connectivity index (χ1n) is 5.50. The quantitative estimate of drug-likeness (QED) is 0.778. The van der Waals surface area contributed by atoms with Gasteiger partial charge in [0.2, 0.25) is 11.8 Å². The molecule has 1 aliphatic heterocycles. The molecule has 0 aliphatic carbocycles. The van der Waals surface area contributed by atoms with E-state index in [9.17, 15) is 22.8 Å². The molecular weight excluding hydrogens is 263 g/mol. The Morgan fingerprint density at radius 3 is 2.21 bits per heavy atom. The molecule has 2 rings (SSSR count). The summed E-state index contributed by atoms with van der Waals surface area (Å²) in [6.07, 6.45) is -4.66. The Balaban J connectivity index is 2.19. The first kappa shape index (κ1) is 13.4. The summed E-state index contributed by atoms with van der Waals surface area (Å²) in [6, 6.07) is 4.61. The van der Waals surface area contributed by atoms with Crippen molar-refractivity contribution in [3.05, 3.63) is 24.3 Å². The van der Waals surface area contributed by atoms with Gasteiger partial charge in [0, 0.05) is 12.3 Å². The van der Waals surface area contributed by atoms with E-state index in [0.29, 0.717) is 0 Å². The summed E-state index contributed by atoms with van der Waals surface area (Å²) in [5.41, 5.74) is 0.244. The van der Waals surface area contributed by atoms with Crippen LogP contribution in [-0.4, -0.2) is 18.2 Å². The van der Waals surface area contributed by atoms with Crippen molar-refractivity contribution in [3.63, 3.8) is 0 Å². The number of benzene rings is 1. The van der Waals surface area contributed by atoms with Crippen molar-refractivity contribution >= 4 is 17.5 Å². The highest BCUT2D eigenvalue weighted by atomic mass is 19.4. The molecule has 7 heteroatoms. The van der Waals surface area contributed by atoms with Crippen LogP contribution >= 0.6 is 0 Å². The van der Waals surface area contributed by atoms with Crippen LogP contribution in [0.3, 0.4) is 0 Å². The fourth-order valence-corrected chi connectivity index (χ4v) is 1.85. The minimum Gasteiger partial charge on any atom is -0.406 e. The summed E-state index contributed by atoms with van der Waals surface area (Å²) >= 11 is 0. The number of rotatable bonds is 2. The van der Waals surface area contributed by atoms with Crippen LogP contribution in [0.2, 0.25) is 0 Å². The monoisotopic (exact) mass is 273 g/mol. The lowest BCUT2D eigenvalue weighted by atomic mass is 10.1. The van der Waals surface area contributed by atoms with Crippen LogP contribution in [0, 0.1) is 5.92 Å². The van der Waals surface area contributed by atoms with Crippen molar-refractivity contribution in [1.29, 1.82) is 0 Å². The van der Waals surface area contributed by atoms with Crippen LogP contribution in [0.15, 0.2) is 24.3 Å². The Morgan fingerprint density at radius 2 is 1.79 bits per heavy atom. The van der Waals surface area contributed by atoms with Crippen molar-refractivity contribution in [1.82, 2.24) is 0 Å². The van der Waals surface area contributed by atoms with Crippen LogP contribution in [0.4, 0.5) is 18.9 Å². The molecule has 0 saturated carbocycles. The van der Waals surface area contributed by atoms with Gasteiger partial charge in [-0.05, 0) is 24.3 Å². The van der Waals surface area contributed by atoms with Gasteiger partial charge in [0.1, 0.15) is 5.75 Å². The van der Waals surface area contributed by atoms with E-state index >= 15 is 0 Å². The zero-order valence-electron chi connectivity index (χ0n) is 9.90. The molecule has 1 saturated heterocycles. The average Bonchev–Trinajstić information content (AvgIpc) is 2.53. The topological polar surface area (TPSA) is 46.6 Å². The number of anilines is 1. The van der Waals surface area contributed by atoms with Gasteiger partial charge >= 0.3 is 6.36 Å². The van der Waals surface area contributed by atoms with Gasteiger partial charge in [-0.1, -0.05) is 6.92 Å². The highest BCUT2D eigenvalue weighted by Crippen LogP contribution is 2.29. The molecule has 4 nitrogen and oxygen atoms in total.